The van der Waals surface area contributed by atoms with E-state index in [1.165, 1.54) is 0 Å². The van der Waals surface area contributed by atoms with Gasteiger partial charge in [-0.25, -0.2) is 4.98 Å². The third kappa shape index (κ3) is 1.78. The predicted octanol–water partition coefficient (Wildman–Crippen LogP) is 2.19. The molecular formula is C6H7ClN2S. The molecule has 1 rings (SSSR count). The Morgan fingerprint density at radius 1 is 1.80 bits per heavy atom. The minimum absolute atomic E-state index is 0.380. The lowest BCUT2D eigenvalue weighted by Gasteiger charge is -1.96. The van der Waals surface area contributed by atoms with Crippen molar-refractivity contribution in [1.29, 1.82) is 0 Å². The van der Waals surface area contributed by atoms with E-state index in [2.05, 4.69) is 9.97 Å². The van der Waals surface area contributed by atoms with Crippen LogP contribution in [-0.2, 0) is 5.88 Å². The van der Waals surface area contributed by atoms with Crippen molar-refractivity contribution >= 4 is 23.8 Å². The fourth-order valence-corrected chi connectivity index (χ4v) is 1.12. The first-order chi connectivity index (χ1) is 4.72. The summed E-state index contributed by atoms with van der Waals surface area (Å²) in [7, 11) is 0. The third-order valence-electron chi connectivity index (χ3n) is 1.05. The van der Waals surface area contributed by atoms with Gasteiger partial charge in [0.15, 0.2) is 0 Å². The second-order valence-corrected chi connectivity index (χ2v) is 2.67. The average Bonchev–Trinajstić information content (AvgIpc) is 1.85. The van der Waals surface area contributed by atoms with Gasteiger partial charge in [-0.15, -0.1) is 11.6 Å². The van der Waals surface area contributed by atoms with Crippen LogP contribution in [0.5, 0.6) is 0 Å². The van der Waals surface area contributed by atoms with E-state index in [1.54, 1.807) is 6.07 Å². The van der Waals surface area contributed by atoms with Crippen molar-refractivity contribution in [2.24, 2.45) is 0 Å². The Morgan fingerprint density at radius 3 is 3.00 bits per heavy atom. The zero-order chi connectivity index (χ0) is 7.56. The van der Waals surface area contributed by atoms with Crippen molar-refractivity contribution in [3.63, 3.8) is 0 Å². The lowest BCUT2D eigenvalue weighted by Crippen LogP contribution is -1.92. The van der Waals surface area contributed by atoms with Crippen LogP contribution in [0.3, 0.4) is 0 Å². The van der Waals surface area contributed by atoms with E-state index in [9.17, 15) is 0 Å². The number of aryl methyl sites for hydroxylation is 1. The van der Waals surface area contributed by atoms with E-state index in [4.69, 9.17) is 23.8 Å². The minimum atomic E-state index is 0.380. The van der Waals surface area contributed by atoms with E-state index in [1.807, 2.05) is 6.92 Å². The highest BCUT2D eigenvalue weighted by Gasteiger charge is 1.91. The number of aromatic nitrogens is 2. The van der Waals surface area contributed by atoms with Gasteiger partial charge in [-0.05, 0) is 13.0 Å². The topological polar surface area (TPSA) is 28.7 Å². The zero-order valence-corrected chi connectivity index (χ0v) is 7.09. The molecule has 0 radical (unpaired) electrons. The molecule has 0 aliphatic carbocycles. The second-order valence-electron chi connectivity index (χ2n) is 1.98. The first-order valence-corrected chi connectivity index (χ1v) is 3.79. The monoisotopic (exact) mass is 174 g/mol. The summed E-state index contributed by atoms with van der Waals surface area (Å²) >= 11 is 10.4. The van der Waals surface area contributed by atoms with Gasteiger partial charge in [0.05, 0.1) is 5.88 Å². The van der Waals surface area contributed by atoms with E-state index < -0.39 is 0 Å². The van der Waals surface area contributed by atoms with Crippen molar-refractivity contribution in [2.75, 3.05) is 0 Å². The predicted molar refractivity (Wildman–Crippen MR) is 43.7 cm³/mol. The summed E-state index contributed by atoms with van der Waals surface area (Å²) in [5.74, 6) is 1.11. The molecule has 0 amide bonds. The molecule has 2 nitrogen and oxygen atoms in total. The van der Waals surface area contributed by atoms with Crippen molar-refractivity contribution in [2.45, 2.75) is 12.8 Å². The van der Waals surface area contributed by atoms with Gasteiger partial charge in [-0.3, -0.25) is 0 Å². The standard InChI is InChI=1S/C6H7ClN2S/c1-4-2-6(10)9-5(3-7)8-4/h2H,3H2,1H3,(H,8,9,10). The van der Waals surface area contributed by atoms with Crippen molar-refractivity contribution in [3.8, 4) is 0 Å². The molecule has 0 fully saturated rings. The molecule has 0 aromatic carbocycles. The summed E-state index contributed by atoms with van der Waals surface area (Å²) in [5, 5.41) is 0. The molecule has 4 heteroatoms. The number of nitrogens with one attached hydrogen (secondary N) is 1. The van der Waals surface area contributed by atoms with E-state index >= 15 is 0 Å². The number of nitrogens with zero attached hydrogens (tertiary/aromatic N) is 1. The number of H-pyrrole nitrogens is 1. The second kappa shape index (κ2) is 3.12. The molecule has 0 spiro atoms. The van der Waals surface area contributed by atoms with Crippen LogP contribution in [0.4, 0.5) is 0 Å². The number of rotatable bonds is 1. The Bertz CT molecular complexity index is 281. The van der Waals surface area contributed by atoms with Gasteiger partial charge in [0.1, 0.15) is 10.5 Å². The summed E-state index contributed by atoms with van der Waals surface area (Å²) < 4.78 is 0.590. The molecule has 0 aliphatic rings. The normalized spacial score (nSPS) is 9.80. The first kappa shape index (κ1) is 7.69. The van der Waals surface area contributed by atoms with Crippen LogP contribution < -0.4 is 0 Å². The van der Waals surface area contributed by atoms with E-state index in [0.29, 0.717) is 10.5 Å². The van der Waals surface area contributed by atoms with Gasteiger partial charge in [-0.2, -0.15) is 0 Å². The van der Waals surface area contributed by atoms with Crippen molar-refractivity contribution < 1.29 is 0 Å². The van der Waals surface area contributed by atoms with Gasteiger partial charge in [0, 0.05) is 5.69 Å². The molecule has 1 heterocycles. The largest absolute Gasteiger partial charge is 0.346 e. The van der Waals surface area contributed by atoms with Crippen LogP contribution in [0, 0.1) is 11.6 Å². The molecule has 0 saturated carbocycles. The molecule has 54 valence electrons. The molecule has 1 N–H and O–H groups in total. The fraction of sp³-hybridized carbons (Fsp3) is 0.333. The van der Waals surface area contributed by atoms with Crippen LogP contribution in [0.1, 0.15) is 11.5 Å². The highest BCUT2D eigenvalue weighted by atomic mass is 35.5. The number of hydrogen-bond donors (Lipinski definition) is 1. The smallest absolute Gasteiger partial charge is 0.130 e. The Morgan fingerprint density at radius 2 is 2.50 bits per heavy atom. The van der Waals surface area contributed by atoms with Crippen LogP contribution in [0.2, 0.25) is 0 Å². The lowest BCUT2D eigenvalue weighted by atomic mass is 10.4. The van der Waals surface area contributed by atoms with Crippen LogP contribution in [0.25, 0.3) is 0 Å². The minimum Gasteiger partial charge on any atom is -0.346 e. The number of alkyl halides is 1. The van der Waals surface area contributed by atoms with Gasteiger partial charge < -0.3 is 4.98 Å². The molecule has 1 aromatic heterocycles. The highest BCUT2D eigenvalue weighted by molar-refractivity contribution is 7.71. The lowest BCUT2D eigenvalue weighted by molar-refractivity contribution is 0.982. The Labute approximate surface area is 69.3 Å². The molecule has 10 heavy (non-hydrogen) atoms. The summed E-state index contributed by atoms with van der Waals surface area (Å²) in [6.45, 7) is 1.92. The van der Waals surface area contributed by atoms with Gasteiger partial charge >= 0.3 is 0 Å². The maximum atomic E-state index is 5.53. The fourth-order valence-electron chi connectivity index (χ4n) is 0.705. The zero-order valence-electron chi connectivity index (χ0n) is 5.52. The van der Waals surface area contributed by atoms with Crippen molar-refractivity contribution in [1.82, 2.24) is 9.97 Å². The molecule has 1 aromatic rings. The van der Waals surface area contributed by atoms with Gasteiger partial charge in [0.25, 0.3) is 0 Å². The molecule has 0 unspecified atom stereocenters. The highest BCUT2D eigenvalue weighted by Crippen LogP contribution is 1.98. The van der Waals surface area contributed by atoms with Gasteiger partial charge in [0.2, 0.25) is 0 Å². The number of aromatic amines is 1. The molecule has 0 bridgehead atoms. The van der Waals surface area contributed by atoms with Crippen LogP contribution in [-0.4, -0.2) is 9.97 Å². The Kier molecular flexibility index (Phi) is 2.40. The summed E-state index contributed by atoms with van der Waals surface area (Å²) in [5.41, 5.74) is 0.996. The SMILES string of the molecule is Cc1cc(=S)nc(CCl)[nH]1. The van der Waals surface area contributed by atoms with E-state index in [0.717, 1.165) is 11.5 Å². The molecule has 0 saturated heterocycles. The van der Waals surface area contributed by atoms with Crippen LogP contribution >= 0.6 is 23.8 Å². The first-order valence-electron chi connectivity index (χ1n) is 2.85. The maximum Gasteiger partial charge on any atom is 0.130 e. The quantitative estimate of drug-likeness (QED) is 0.522. The number of hydrogen-bond acceptors (Lipinski definition) is 2. The van der Waals surface area contributed by atoms with Crippen molar-refractivity contribution in [3.05, 3.63) is 22.2 Å². The summed E-state index contributed by atoms with van der Waals surface area (Å²) in [6.07, 6.45) is 0. The molecule has 0 atom stereocenters. The summed E-state index contributed by atoms with van der Waals surface area (Å²) in [4.78, 5) is 6.97. The average molecular weight is 175 g/mol. The maximum absolute atomic E-state index is 5.53. The Hall–Kier alpha value is -0.410. The summed E-state index contributed by atoms with van der Waals surface area (Å²) in [6, 6.07) is 1.80. The van der Waals surface area contributed by atoms with Gasteiger partial charge in [-0.1, -0.05) is 12.2 Å². The van der Waals surface area contributed by atoms with E-state index in [-0.39, 0.29) is 0 Å². The molecule has 0 aliphatic heterocycles. The third-order valence-corrected chi connectivity index (χ3v) is 1.52. The van der Waals surface area contributed by atoms with Crippen LogP contribution in [0.15, 0.2) is 6.07 Å². The Balaban J connectivity index is 3.19. The molecular weight excluding hydrogens is 168 g/mol. The number of halogens is 1.